The molecule has 0 saturated carbocycles. The number of aromatic nitrogens is 1. The van der Waals surface area contributed by atoms with Gasteiger partial charge in [0.2, 0.25) is 5.89 Å². The minimum absolute atomic E-state index is 0.00242. The average molecular weight is 430 g/mol. The Kier molecular flexibility index (Phi) is 4.27. The Morgan fingerprint density at radius 3 is 2.64 bits per heavy atom. The Morgan fingerprint density at radius 1 is 1.32 bits per heavy atom. The summed E-state index contributed by atoms with van der Waals surface area (Å²) in [6, 6.07) is 5.92. The molecule has 3 aromatic rings. The maximum absolute atomic E-state index is 14.0. The van der Waals surface area contributed by atoms with Gasteiger partial charge < -0.3 is 13.7 Å². The Bertz CT molecular complexity index is 1110. The topological polar surface area (TPSA) is 110 Å². The Labute approximate surface area is 149 Å². The fraction of sp³-hybridized carbons (Fsp3) is 0. The normalized spacial score (nSPS) is 11.6. The molecule has 10 heteroatoms. The molecule has 7 nitrogen and oxygen atoms in total. The molecule has 0 aliphatic heterocycles. The first-order valence-electron chi connectivity index (χ1n) is 6.59. The van der Waals surface area contributed by atoms with Crippen LogP contribution in [0.15, 0.2) is 41.3 Å². The molecular formula is C15H9BrFNO6S. The third kappa shape index (κ3) is 3.65. The second-order valence-corrected chi connectivity index (χ2v) is 6.90. The quantitative estimate of drug-likeness (QED) is 0.605. The molecule has 0 unspecified atom stereocenters. The zero-order chi connectivity index (χ0) is 18.4. The highest BCUT2D eigenvalue weighted by atomic mass is 79.9. The minimum atomic E-state index is -4.74. The maximum atomic E-state index is 14.0. The first kappa shape index (κ1) is 17.4. The highest BCUT2D eigenvalue weighted by Crippen LogP contribution is 2.36. The number of aromatic hydroxyl groups is 1. The molecule has 0 aliphatic carbocycles. The van der Waals surface area contributed by atoms with Gasteiger partial charge in [-0.2, -0.15) is 8.42 Å². The van der Waals surface area contributed by atoms with Crippen molar-refractivity contribution in [2.24, 2.45) is 0 Å². The number of halogens is 2. The van der Waals surface area contributed by atoms with E-state index in [1.54, 1.807) is 0 Å². The molecule has 0 bridgehead atoms. The van der Waals surface area contributed by atoms with Gasteiger partial charge in [0.05, 0.1) is 5.56 Å². The van der Waals surface area contributed by atoms with Gasteiger partial charge in [-0.1, -0.05) is 22.5 Å². The van der Waals surface area contributed by atoms with Crippen LogP contribution in [0.2, 0.25) is 0 Å². The van der Waals surface area contributed by atoms with Gasteiger partial charge >= 0.3 is 10.4 Å². The summed E-state index contributed by atoms with van der Waals surface area (Å²) in [5.74, 6) is -1.32. The van der Waals surface area contributed by atoms with Crippen LogP contribution < -0.4 is 4.18 Å². The Balaban J connectivity index is 2.22. The van der Waals surface area contributed by atoms with Gasteiger partial charge in [0.15, 0.2) is 5.58 Å². The largest absolute Gasteiger partial charge is 0.508 e. The first-order valence-corrected chi connectivity index (χ1v) is 8.75. The van der Waals surface area contributed by atoms with E-state index in [1.807, 2.05) is 0 Å². The zero-order valence-corrected chi connectivity index (χ0v) is 14.6. The first-order chi connectivity index (χ1) is 11.6. The van der Waals surface area contributed by atoms with E-state index in [2.05, 4.69) is 31.7 Å². The molecule has 1 aromatic heterocycles. The van der Waals surface area contributed by atoms with Crippen molar-refractivity contribution >= 4 is 41.9 Å². The van der Waals surface area contributed by atoms with Crippen molar-refractivity contribution in [3.8, 4) is 23.0 Å². The molecule has 0 aliphatic rings. The average Bonchev–Trinajstić information content (AvgIpc) is 2.87. The van der Waals surface area contributed by atoms with Crippen molar-refractivity contribution in [1.82, 2.24) is 4.98 Å². The molecule has 1 heterocycles. The minimum Gasteiger partial charge on any atom is -0.508 e. The van der Waals surface area contributed by atoms with Gasteiger partial charge in [-0.05, 0) is 18.2 Å². The number of hydrogen-bond donors (Lipinski definition) is 2. The molecule has 25 heavy (non-hydrogen) atoms. The van der Waals surface area contributed by atoms with Gasteiger partial charge in [0, 0.05) is 22.2 Å². The van der Waals surface area contributed by atoms with Crippen LogP contribution in [-0.4, -0.2) is 23.1 Å². The van der Waals surface area contributed by atoms with Crippen molar-refractivity contribution in [3.05, 3.63) is 48.3 Å². The summed E-state index contributed by atoms with van der Waals surface area (Å²) in [5, 5.41) is 9.28. The van der Waals surface area contributed by atoms with E-state index in [4.69, 9.17) is 8.97 Å². The summed E-state index contributed by atoms with van der Waals surface area (Å²) in [7, 11) is -4.74. The lowest BCUT2D eigenvalue weighted by molar-refractivity contribution is 0.387. The van der Waals surface area contributed by atoms with Crippen molar-refractivity contribution in [3.63, 3.8) is 0 Å². The van der Waals surface area contributed by atoms with Gasteiger partial charge in [0.1, 0.15) is 22.8 Å². The van der Waals surface area contributed by atoms with Gasteiger partial charge in [-0.3, -0.25) is 4.55 Å². The fourth-order valence-corrected chi connectivity index (χ4v) is 2.80. The van der Waals surface area contributed by atoms with E-state index in [0.29, 0.717) is 10.0 Å². The highest BCUT2D eigenvalue weighted by molar-refractivity contribution is 9.15. The fourth-order valence-electron chi connectivity index (χ4n) is 2.17. The second kappa shape index (κ2) is 6.14. The summed E-state index contributed by atoms with van der Waals surface area (Å²) in [5.41, 5.74) is 0.651. The SMILES string of the molecule is C=C(Br)c1cc(OS(=O)(=O)O)cc2nc(-c3ccc(O)cc3F)oc12. The summed E-state index contributed by atoms with van der Waals surface area (Å²) < 4.78 is 54.9. The molecular weight excluding hydrogens is 421 g/mol. The molecule has 0 spiro atoms. The molecule has 0 fully saturated rings. The lowest BCUT2D eigenvalue weighted by Gasteiger charge is -2.04. The lowest BCUT2D eigenvalue weighted by atomic mass is 10.2. The van der Waals surface area contributed by atoms with E-state index in [0.717, 1.165) is 6.07 Å². The van der Waals surface area contributed by atoms with Crippen LogP contribution >= 0.6 is 15.9 Å². The monoisotopic (exact) mass is 429 g/mol. The summed E-state index contributed by atoms with van der Waals surface area (Å²) in [6.07, 6.45) is 0. The molecule has 3 rings (SSSR count). The van der Waals surface area contributed by atoms with Crippen LogP contribution in [0.1, 0.15) is 5.56 Å². The van der Waals surface area contributed by atoms with Crippen LogP contribution in [0, 0.1) is 5.82 Å². The predicted molar refractivity (Wildman–Crippen MR) is 91.2 cm³/mol. The standard InChI is InChI=1S/C15H9BrFNO6S/c1-7(16)11-5-9(24-25(20,21)22)6-13-14(11)23-15(18-13)10-3-2-8(19)4-12(10)17/h2-6,19H,1H2,(H,20,21,22). The lowest BCUT2D eigenvalue weighted by Crippen LogP contribution is -2.06. The van der Waals surface area contributed by atoms with E-state index < -0.39 is 16.2 Å². The molecule has 0 amide bonds. The third-order valence-corrected chi connectivity index (χ3v) is 3.97. The van der Waals surface area contributed by atoms with Gasteiger partial charge in [-0.25, -0.2) is 9.37 Å². The van der Waals surface area contributed by atoms with E-state index >= 15 is 0 Å². The Hall–Kier alpha value is -2.43. The molecule has 0 radical (unpaired) electrons. The van der Waals surface area contributed by atoms with Crippen LogP contribution in [0.3, 0.4) is 0 Å². The van der Waals surface area contributed by atoms with Crippen molar-refractivity contribution in [2.75, 3.05) is 0 Å². The highest BCUT2D eigenvalue weighted by Gasteiger charge is 2.19. The smallest absolute Gasteiger partial charge is 0.446 e. The molecule has 0 atom stereocenters. The van der Waals surface area contributed by atoms with Crippen LogP contribution in [0.4, 0.5) is 4.39 Å². The van der Waals surface area contributed by atoms with Gasteiger partial charge in [-0.15, -0.1) is 0 Å². The predicted octanol–water partition coefficient (Wildman–Crippen LogP) is 3.89. The number of oxazole rings is 1. The number of nitrogens with zero attached hydrogens (tertiary/aromatic N) is 1. The summed E-state index contributed by atoms with van der Waals surface area (Å²) >= 11 is 3.15. The number of benzene rings is 2. The summed E-state index contributed by atoms with van der Waals surface area (Å²) in [6.45, 7) is 3.68. The maximum Gasteiger partial charge on any atom is 0.446 e. The molecule has 2 N–H and O–H groups in total. The number of fused-ring (bicyclic) bond motifs is 1. The zero-order valence-electron chi connectivity index (χ0n) is 12.2. The van der Waals surface area contributed by atoms with Crippen molar-refractivity contribution < 1.29 is 31.1 Å². The number of phenolic OH excluding ortho intramolecular Hbond substituents is 1. The van der Waals surface area contributed by atoms with Crippen LogP contribution in [-0.2, 0) is 10.4 Å². The van der Waals surface area contributed by atoms with Crippen LogP contribution in [0.5, 0.6) is 11.5 Å². The van der Waals surface area contributed by atoms with E-state index in [9.17, 15) is 17.9 Å². The number of phenols is 1. The number of rotatable bonds is 4. The molecule has 2 aromatic carbocycles. The molecule has 0 saturated heterocycles. The van der Waals surface area contributed by atoms with E-state index in [-0.39, 0.29) is 34.1 Å². The third-order valence-electron chi connectivity index (χ3n) is 3.14. The molecule has 130 valence electrons. The van der Waals surface area contributed by atoms with E-state index in [1.165, 1.54) is 24.3 Å². The van der Waals surface area contributed by atoms with Crippen molar-refractivity contribution in [1.29, 1.82) is 0 Å². The second-order valence-electron chi connectivity index (χ2n) is 4.92. The Morgan fingerprint density at radius 2 is 2.04 bits per heavy atom. The van der Waals surface area contributed by atoms with Crippen molar-refractivity contribution in [2.45, 2.75) is 0 Å². The summed E-state index contributed by atoms with van der Waals surface area (Å²) in [4.78, 5) is 4.10. The number of hydrogen-bond acceptors (Lipinski definition) is 6. The van der Waals surface area contributed by atoms with Gasteiger partial charge in [0.25, 0.3) is 0 Å². The van der Waals surface area contributed by atoms with Crippen LogP contribution in [0.25, 0.3) is 27.0 Å².